The minimum atomic E-state index is -1.05. The lowest BCUT2D eigenvalue weighted by molar-refractivity contribution is -0.116. The molecule has 1 amide bonds. The van der Waals surface area contributed by atoms with E-state index in [1.54, 1.807) is 0 Å². The summed E-state index contributed by atoms with van der Waals surface area (Å²) in [5, 5.41) is 18.2. The zero-order chi connectivity index (χ0) is 14.8. The number of aromatic nitrogens is 2. The highest BCUT2D eigenvalue weighted by Crippen LogP contribution is 2.36. The Morgan fingerprint density at radius 3 is 2.81 bits per heavy atom. The number of benzene rings is 1. The summed E-state index contributed by atoms with van der Waals surface area (Å²) in [6.07, 6.45) is 1.80. The first-order chi connectivity index (χ1) is 10.1. The maximum Gasteiger partial charge on any atom is 0.354 e. The third kappa shape index (κ3) is 2.65. The number of H-pyrrole nitrogens is 1. The maximum atomic E-state index is 11.7. The highest BCUT2D eigenvalue weighted by atomic mass is 16.4. The average molecular weight is 285 g/mol. The Bertz CT molecular complexity index is 679. The third-order valence-corrected chi connectivity index (χ3v) is 3.74. The molecule has 1 aromatic carbocycles. The molecular formula is C15H15N3O3. The van der Waals surface area contributed by atoms with Gasteiger partial charge in [-0.25, -0.2) is 4.79 Å². The van der Waals surface area contributed by atoms with E-state index >= 15 is 0 Å². The number of fused-ring (bicyclic) bond motifs is 1. The summed E-state index contributed by atoms with van der Waals surface area (Å²) < 4.78 is 0. The smallest absolute Gasteiger partial charge is 0.354 e. The number of aromatic carboxylic acids is 1. The van der Waals surface area contributed by atoms with Crippen LogP contribution in [0.2, 0.25) is 0 Å². The second-order valence-electron chi connectivity index (χ2n) is 5.14. The quantitative estimate of drug-likeness (QED) is 0.802. The van der Waals surface area contributed by atoms with Crippen molar-refractivity contribution in [3.8, 4) is 0 Å². The molecule has 108 valence electrons. The van der Waals surface area contributed by atoms with E-state index in [0.717, 1.165) is 6.42 Å². The van der Waals surface area contributed by atoms with Gasteiger partial charge in [-0.3, -0.25) is 9.89 Å². The summed E-state index contributed by atoms with van der Waals surface area (Å²) in [7, 11) is 0. The van der Waals surface area contributed by atoms with Gasteiger partial charge in [-0.2, -0.15) is 5.10 Å². The molecule has 1 unspecified atom stereocenters. The predicted molar refractivity (Wildman–Crippen MR) is 76.3 cm³/mol. The Morgan fingerprint density at radius 2 is 2.10 bits per heavy atom. The van der Waals surface area contributed by atoms with Crippen molar-refractivity contribution in [1.82, 2.24) is 10.2 Å². The van der Waals surface area contributed by atoms with E-state index in [-0.39, 0.29) is 17.5 Å². The first-order valence-corrected chi connectivity index (χ1v) is 6.80. The Morgan fingerprint density at radius 1 is 1.33 bits per heavy atom. The van der Waals surface area contributed by atoms with Gasteiger partial charge in [-0.05, 0) is 24.3 Å². The predicted octanol–water partition coefficient (Wildman–Crippen LogP) is 2.17. The maximum absolute atomic E-state index is 11.7. The largest absolute Gasteiger partial charge is 0.477 e. The highest BCUT2D eigenvalue weighted by molar-refractivity contribution is 5.97. The molecule has 0 spiro atoms. The van der Waals surface area contributed by atoms with Gasteiger partial charge in [0.1, 0.15) is 5.69 Å². The van der Waals surface area contributed by atoms with Crippen molar-refractivity contribution >= 4 is 17.7 Å². The number of carbonyl (C=O) groups excluding carboxylic acids is 1. The Labute approximate surface area is 121 Å². The molecular weight excluding hydrogens is 270 g/mol. The van der Waals surface area contributed by atoms with E-state index < -0.39 is 5.97 Å². The molecule has 0 radical (unpaired) electrons. The van der Waals surface area contributed by atoms with Crippen LogP contribution in [0.5, 0.6) is 0 Å². The fraction of sp³-hybridized carbons (Fsp3) is 0.267. The van der Waals surface area contributed by atoms with Crippen LogP contribution in [0, 0.1) is 0 Å². The van der Waals surface area contributed by atoms with E-state index in [9.17, 15) is 14.7 Å². The zero-order valence-corrected chi connectivity index (χ0v) is 11.3. The number of carboxylic acids is 1. The third-order valence-electron chi connectivity index (χ3n) is 3.74. The summed E-state index contributed by atoms with van der Waals surface area (Å²) in [5.41, 5.74) is 1.85. The molecule has 2 aromatic rings. The van der Waals surface area contributed by atoms with E-state index in [4.69, 9.17) is 0 Å². The van der Waals surface area contributed by atoms with Gasteiger partial charge >= 0.3 is 5.97 Å². The highest BCUT2D eigenvalue weighted by Gasteiger charge is 2.32. The molecule has 1 aliphatic rings. The minimum Gasteiger partial charge on any atom is -0.477 e. The monoisotopic (exact) mass is 285 g/mol. The summed E-state index contributed by atoms with van der Waals surface area (Å²) in [4.78, 5) is 23.0. The Kier molecular flexibility index (Phi) is 3.43. The van der Waals surface area contributed by atoms with Crippen LogP contribution in [0.3, 0.4) is 0 Å². The van der Waals surface area contributed by atoms with Crippen molar-refractivity contribution in [3.05, 3.63) is 47.2 Å². The number of amides is 1. The molecule has 0 bridgehead atoms. The second-order valence-corrected chi connectivity index (χ2v) is 5.14. The van der Waals surface area contributed by atoms with E-state index in [1.165, 1.54) is 5.56 Å². The standard InChI is InChI=1S/C15H15N3O3/c19-11-8-10(7-6-9-4-2-1-3-5-9)12-13(15(20)21)17-18-14(12)16-11/h1-5,10H,6-8H2,(H,20,21)(H2,16,17,18,19). The van der Waals surface area contributed by atoms with Crippen LogP contribution in [0.4, 0.5) is 5.82 Å². The lowest BCUT2D eigenvalue weighted by atomic mass is 9.87. The lowest BCUT2D eigenvalue weighted by Gasteiger charge is -2.22. The topological polar surface area (TPSA) is 95.1 Å². The summed E-state index contributed by atoms with van der Waals surface area (Å²) in [5.74, 6) is -0.950. The minimum absolute atomic E-state index is 0.0723. The first-order valence-electron chi connectivity index (χ1n) is 6.80. The van der Waals surface area contributed by atoms with Crippen molar-refractivity contribution in [1.29, 1.82) is 0 Å². The molecule has 0 aliphatic carbocycles. The van der Waals surface area contributed by atoms with Crippen LogP contribution in [-0.4, -0.2) is 27.2 Å². The molecule has 3 N–H and O–H groups in total. The fourth-order valence-corrected chi connectivity index (χ4v) is 2.75. The van der Waals surface area contributed by atoms with Gasteiger partial charge in [0, 0.05) is 12.0 Å². The SMILES string of the molecule is O=C1CC(CCc2ccccc2)c2c(n[nH]c2C(=O)O)N1. The molecule has 2 heterocycles. The van der Waals surface area contributed by atoms with Crippen LogP contribution in [0.25, 0.3) is 0 Å². The van der Waals surface area contributed by atoms with Crippen molar-refractivity contribution < 1.29 is 14.7 Å². The molecule has 0 fully saturated rings. The zero-order valence-electron chi connectivity index (χ0n) is 11.3. The van der Waals surface area contributed by atoms with Crippen LogP contribution >= 0.6 is 0 Å². The normalized spacial score (nSPS) is 17.1. The summed E-state index contributed by atoms with van der Waals surface area (Å²) in [6, 6.07) is 9.94. The number of rotatable bonds is 4. The summed E-state index contributed by atoms with van der Waals surface area (Å²) >= 11 is 0. The molecule has 0 saturated carbocycles. The number of aryl methyl sites for hydroxylation is 1. The molecule has 6 nitrogen and oxygen atoms in total. The molecule has 21 heavy (non-hydrogen) atoms. The first kappa shape index (κ1) is 13.4. The molecule has 1 aliphatic heterocycles. The van der Waals surface area contributed by atoms with Crippen molar-refractivity contribution in [2.24, 2.45) is 0 Å². The number of hydrogen-bond donors (Lipinski definition) is 3. The van der Waals surface area contributed by atoms with Gasteiger partial charge in [0.25, 0.3) is 0 Å². The van der Waals surface area contributed by atoms with Gasteiger partial charge < -0.3 is 10.4 Å². The number of nitrogens with zero attached hydrogens (tertiary/aromatic N) is 1. The van der Waals surface area contributed by atoms with Crippen LogP contribution < -0.4 is 5.32 Å². The second kappa shape index (κ2) is 5.40. The number of carboxylic acid groups (broad SMARTS) is 1. The average Bonchev–Trinajstić information content (AvgIpc) is 2.89. The molecule has 1 atom stereocenters. The molecule has 1 aromatic heterocycles. The van der Waals surface area contributed by atoms with Crippen LogP contribution in [0.15, 0.2) is 30.3 Å². The Hall–Kier alpha value is -2.63. The summed E-state index contributed by atoms with van der Waals surface area (Å²) in [6.45, 7) is 0. The molecule has 6 heteroatoms. The number of aromatic amines is 1. The lowest BCUT2D eigenvalue weighted by Crippen LogP contribution is -2.24. The van der Waals surface area contributed by atoms with Gasteiger partial charge in [0.05, 0.1) is 0 Å². The van der Waals surface area contributed by atoms with Crippen molar-refractivity contribution in [2.75, 3.05) is 5.32 Å². The van der Waals surface area contributed by atoms with Gasteiger partial charge in [-0.15, -0.1) is 0 Å². The van der Waals surface area contributed by atoms with Crippen LogP contribution in [0.1, 0.15) is 40.4 Å². The van der Waals surface area contributed by atoms with Crippen molar-refractivity contribution in [2.45, 2.75) is 25.2 Å². The number of carbonyl (C=O) groups is 2. The van der Waals surface area contributed by atoms with Crippen molar-refractivity contribution in [3.63, 3.8) is 0 Å². The number of anilines is 1. The fourth-order valence-electron chi connectivity index (χ4n) is 2.75. The van der Waals surface area contributed by atoms with Gasteiger partial charge in [-0.1, -0.05) is 30.3 Å². The molecule has 0 saturated heterocycles. The van der Waals surface area contributed by atoms with E-state index in [2.05, 4.69) is 15.5 Å². The number of nitrogens with one attached hydrogen (secondary N) is 2. The van der Waals surface area contributed by atoms with Gasteiger partial charge in [0.15, 0.2) is 5.82 Å². The molecule has 3 rings (SSSR count). The number of hydrogen-bond acceptors (Lipinski definition) is 3. The van der Waals surface area contributed by atoms with Gasteiger partial charge in [0.2, 0.25) is 5.91 Å². The van der Waals surface area contributed by atoms with E-state index in [1.807, 2.05) is 30.3 Å². The van der Waals surface area contributed by atoms with Crippen LogP contribution in [-0.2, 0) is 11.2 Å². The van der Waals surface area contributed by atoms with E-state index in [0.29, 0.717) is 24.2 Å². The Balaban J connectivity index is 1.84.